The minimum Gasteiger partial charge on any atom is -0.459 e. The van der Waals surface area contributed by atoms with Crippen LogP contribution in [0.4, 0.5) is 0 Å². The molecule has 2 saturated heterocycles. The van der Waals surface area contributed by atoms with Gasteiger partial charge in [-0.25, -0.2) is 0 Å². The molecule has 2 fully saturated rings. The van der Waals surface area contributed by atoms with Gasteiger partial charge in [-0.15, -0.1) is 0 Å². The summed E-state index contributed by atoms with van der Waals surface area (Å²) >= 11 is 0. The Balaban J connectivity index is 2.60. The van der Waals surface area contributed by atoms with Gasteiger partial charge in [0, 0.05) is 30.9 Å². The maximum atomic E-state index is 13.7. The van der Waals surface area contributed by atoms with Crippen LogP contribution >= 0.6 is 0 Å². The van der Waals surface area contributed by atoms with Crippen LogP contribution in [0.15, 0.2) is 0 Å². The van der Waals surface area contributed by atoms with E-state index in [4.69, 9.17) is 18.9 Å². The van der Waals surface area contributed by atoms with Crippen LogP contribution < -0.4 is 0 Å². The number of rotatable bonds is 5. The number of ketones is 1. The molecule has 0 radical (unpaired) electrons. The van der Waals surface area contributed by atoms with Crippen molar-refractivity contribution < 1.29 is 38.7 Å². The monoisotopic (exact) mass is 585 g/mol. The van der Waals surface area contributed by atoms with Gasteiger partial charge in [0.25, 0.3) is 0 Å². The average molecular weight is 586 g/mol. The van der Waals surface area contributed by atoms with Gasteiger partial charge in [0.1, 0.15) is 17.5 Å². The number of cyclic esters (lactones) is 1. The Bertz CT molecular complexity index is 880. The molecule has 240 valence electrons. The molecule has 0 amide bonds. The van der Waals surface area contributed by atoms with E-state index in [1.807, 2.05) is 27.7 Å². The summed E-state index contributed by atoms with van der Waals surface area (Å²) in [6.45, 7) is 18.7. The highest BCUT2D eigenvalue weighted by Crippen LogP contribution is 2.41. The first-order valence-corrected chi connectivity index (χ1v) is 15.5. The number of aliphatic hydroxyl groups is 2. The first-order chi connectivity index (χ1) is 18.8. The summed E-state index contributed by atoms with van der Waals surface area (Å²) in [5.74, 6) is -2.92. The van der Waals surface area contributed by atoms with E-state index in [9.17, 15) is 19.8 Å². The van der Waals surface area contributed by atoms with Crippen LogP contribution in [0.2, 0.25) is 0 Å². The third-order valence-electron chi connectivity index (χ3n) is 10.5. The number of esters is 1. The van der Waals surface area contributed by atoms with E-state index >= 15 is 0 Å². The lowest BCUT2D eigenvalue weighted by Crippen LogP contribution is -2.58. The van der Waals surface area contributed by atoms with E-state index in [1.165, 1.54) is 6.92 Å². The SMILES string of the molecule is CC[C@H]1OC(=O)[C@H](C)[C@@H](C)[C@H](C)[C@@H](OC2O[C@H](C)C[C@H](N(C)C)[C@H]2C)[C@@](C)(OC)C[C@@H](C)C(=O)[C@H](C)[C@@H](O)[C@]1(C)O. The minimum atomic E-state index is -1.80. The van der Waals surface area contributed by atoms with E-state index in [2.05, 4.69) is 39.8 Å². The Morgan fingerprint density at radius 3 is 2.07 bits per heavy atom. The Morgan fingerprint density at radius 1 is 0.976 bits per heavy atom. The lowest BCUT2D eigenvalue weighted by atomic mass is 9.72. The first-order valence-electron chi connectivity index (χ1n) is 15.5. The molecule has 14 atom stereocenters. The van der Waals surface area contributed by atoms with Gasteiger partial charge < -0.3 is 34.1 Å². The number of ether oxygens (including phenoxy) is 4. The number of nitrogens with zero attached hydrogens (tertiary/aromatic N) is 1. The van der Waals surface area contributed by atoms with Crippen molar-refractivity contribution in [1.82, 2.24) is 4.90 Å². The highest BCUT2D eigenvalue weighted by atomic mass is 16.7. The largest absolute Gasteiger partial charge is 0.459 e. The van der Waals surface area contributed by atoms with Crippen LogP contribution in [0, 0.1) is 35.5 Å². The highest BCUT2D eigenvalue weighted by Gasteiger charge is 2.51. The molecule has 9 nitrogen and oxygen atoms in total. The zero-order valence-electron chi connectivity index (χ0n) is 27.8. The van der Waals surface area contributed by atoms with Gasteiger partial charge in [-0.1, -0.05) is 48.5 Å². The second kappa shape index (κ2) is 14.1. The summed E-state index contributed by atoms with van der Waals surface area (Å²) in [6.07, 6.45) is -1.92. The normalized spacial score (nSPS) is 47.6. The number of hydrogen-bond donors (Lipinski definition) is 2. The van der Waals surface area contributed by atoms with Gasteiger partial charge in [0.05, 0.1) is 29.8 Å². The minimum absolute atomic E-state index is 0.000789. The van der Waals surface area contributed by atoms with E-state index in [1.54, 1.807) is 21.0 Å². The predicted molar refractivity (Wildman–Crippen MR) is 158 cm³/mol. The van der Waals surface area contributed by atoms with Crippen LogP contribution in [0.3, 0.4) is 0 Å². The molecule has 1 unspecified atom stereocenters. The van der Waals surface area contributed by atoms with Crippen molar-refractivity contribution >= 4 is 11.8 Å². The molecule has 2 rings (SSSR count). The summed E-state index contributed by atoms with van der Waals surface area (Å²) in [6, 6.07) is 0.263. The summed E-state index contributed by atoms with van der Waals surface area (Å²) in [5, 5.41) is 22.5. The van der Waals surface area contributed by atoms with Crippen molar-refractivity contribution in [2.24, 2.45) is 35.5 Å². The Morgan fingerprint density at radius 2 is 1.56 bits per heavy atom. The molecule has 0 aromatic rings. The summed E-state index contributed by atoms with van der Waals surface area (Å²) in [7, 11) is 5.76. The van der Waals surface area contributed by atoms with Crippen LogP contribution in [-0.4, -0.2) is 96.0 Å². The van der Waals surface area contributed by atoms with Crippen molar-refractivity contribution in [3.8, 4) is 0 Å². The molecule has 2 heterocycles. The molecule has 0 aliphatic carbocycles. The maximum absolute atomic E-state index is 13.7. The second-order valence-electron chi connectivity index (χ2n) is 13.8. The topological polar surface area (TPSA) is 115 Å². The van der Waals surface area contributed by atoms with Gasteiger partial charge in [0.15, 0.2) is 6.29 Å². The van der Waals surface area contributed by atoms with Gasteiger partial charge in [-0.2, -0.15) is 0 Å². The fourth-order valence-corrected chi connectivity index (χ4v) is 7.08. The molecule has 0 aromatic heterocycles. The lowest BCUT2D eigenvalue weighted by Gasteiger charge is -2.49. The third kappa shape index (κ3) is 7.71. The summed E-state index contributed by atoms with van der Waals surface area (Å²) in [5.41, 5.74) is -2.73. The van der Waals surface area contributed by atoms with Crippen molar-refractivity contribution in [1.29, 1.82) is 0 Å². The molecule has 0 aromatic carbocycles. The number of hydrogen-bond acceptors (Lipinski definition) is 9. The van der Waals surface area contributed by atoms with E-state index < -0.39 is 59.5 Å². The zero-order chi connectivity index (χ0) is 31.6. The molecule has 41 heavy (non-hydrogen) atoms. The molecule has 9 heteroatoms. The Labute approximate surface area is 248 Å². The molecule has 2 aliphatic rings. The fourth-order valence-electron chi connectivity index (χ4n) is 7.08. The van der Waals surface area contributed by atoms with E-state index in [-0.39, 0.29) is 35.7 Å². The number of methoxy groups -OCH3 is 1. The molecule has 0 bridgehead atoms. The quantitative estimate of drug-likeness (QED) is 0.461. The average Bonchev–Trinajstić information content (AvgIpc) is 2.92. The predicted octanol–water partition coefficient (Wildman–Crippen LogP) is 4.06. The zero-order valence-corrected chi connectivity index (χ0v) is 27.8. The van der Waals surface area contributed by atoms with Gasteiger partial charge >= 0.3 is 5.97 Å². The maximum Gasteiger partial charge on any atom is 0.309 e. The Kier molecular flexibility index (Phi) is 12.4. The summed E-state index contributed by atoms with van der Waals surface area (Å²) in [4.78, 5) is 29.3. The van der Waals surface area contributed by atoms with Crippen LogP contribution in [-0.2, 0) is 28.5 Å². The number of carbonyl (C=O) groups excluding carboxylic acids is 2. The van der Waals surface area contributed by atoms with Crippen molar-refractivity contribution in [3.63, 3.8) is 0 Å². The van der Waals surface area contributed by atoms with Gasteiger partial charge in [-0.3, -0.25) is 9.59 Å². The van der Waals surface area contributed by atoms with E-state index in [0.717, 1.165) is 6.42 Å². The van der Waals surface area contributed by atoms with E-state index in [0.29, 0.717) is 12.8 Å². The molecule has 2 N–H and O–H groups in total. The molecular weight excluding hydrogens is 526 g/mol. The highest BCUT2D eigenvalue weighted by molar-refractivity contribution is 5.83. The van der Waals surface area contributed by atoms with Crippen molar-refractivity contribution in [2.45, 2.75) is 136 Å². The third-order valence-corrected chi connectivity index (χ3v) is 10.5. The molecular formula is C32H59NO8. The smallest absolute Gasteiger partial charge is 0.309 e. The number of Topliss-reactive ketones (excluding diaryl/α,β-unsaturated/α-hetero) is 1. The van der Waals surface area contributed by atoms with Gasteiger partial charge in [-0.05, 0) is 66.0 Å². The molecule has 2 aliphatic heterocycles. The van der Waals surface area contributed by atoms with Crippen LogP contribution in [0.1, 0.15) is 88.5 Å². The van der Waals surface area contributed by atoms with Crippen molar-refractivity contribution in [2.75, 3.05) is 21.2 Å². The van der Waals surface area contributed by atoms with Crippen LogP contribution in [0.25, 0.3) is 0 Å². The Hall–Kier alpha value is -1.10. The second-order valence-corrected chi connectivity index (χ2v) is 13.8. The fraction of sp³-hybridized carbons (Fsp3) is 0.938. The standard InChI is InChI=1S/C32H59NO8/c1-14-25-32(10,37)27(35)23(8)26(34)17(2)16-31(9,38-13)28(20(5)19(4)21(6)29(36)40-25)41-30-22(7)24(33(11)12)15-18(3)39-30/h17-25,27-28,30,35,37H,14-16H2,1-13H3/t17-,18-,19+,20+,21-,22-,23+,24+,25-,27-,28-,30?,31+,32-/m1/s1. The number of carbonyl (C=O) groups is 2. The lowest BCUT2D eigenvalue weighted by molar-refractivity contribution is -0.285. The molecule has 0 saturated carbocycles. The number of aliphatic hydroxyl groups excluding tert-OH is 1. The van der Waals surface area contributed by atoms with Gasteiger partial charge in [0.2, 0.25) is 0 Å². The van der Waals surface area contributed by atoms with Crippen molar-refractivity contribution in [3.05, 3.63) is 0 Å². The van der Waals surface area contributed by atoms with Crippen LogP contribution in [0.5, 0.6) is 0 Å². The first kappa shape index (κ1) is 36.1. The summed E-state index contributed by atoms with van der Waals surface area (Å²) < 4.78 is 25.3. The molecule has 0 spiro atoms.